The summed E-state index contributed by atoms with van der Waals surface area (Å²) in [5.74, 6) is -1.26. The zero-order chi connectivity index (χ0) is 21.8. The van der Waals surface area contributed by atoms with E-state index in [-0.39, 0.29) is 11.3 Å². The molecule has 7 heteroatoms. The fourth-order valence-corrected chi connectivity index (χ4v) is 4.67. The number of nitriles is 1. The van der Waals surface area contributed by atoms with E-state index < -0.39 is 17.0 Å². The molecule has 0 N–H and O–H groups in total. The number of hydrogen-bond donors (Lipinski definition) is 0. The van der Waals surface area contributed by atoms with Gasteiger partial charge >= 0.3 is 0 Å². The van der Waals surface area contributed by atoms with E-state index in [0.29, 0.717) is 16.0 Å². The Bertz CT molecular complexity index is 1440. The highest BCUT2D eigenvalue weighted by molar-refractivity contribution is 7.17. The van der Waals surface area contributed by atoms with Crippen molar-refractivity contribution in [1.29, 1.82) is 5.26 Å². The predicted molar refractivity (Wildman–Crippen MR) is 115 cm³/mol. The van der Waals surface area contributed by atoms with Crippen LogP contribution < -0.4 is 10.3 Å². The molecule has 154 valence electrons. The smallest absolute Gasteiger partial charge is 0.268 e. The average Bonchev–Trinajstić information content (AvgIpc) is 3.41. The van der Waals surface area contributed by atoms with Gasteiger partial charge in [0.1, 0.15) is 16.3 Å². The van der Waals surface area contributed by atoms with Crippen molar-refractivity contribution in [1.82, 2.24) is 4.57 Å². The lowest BCUT2D eigenvalue weighted by molar-refractivity contribution is 0.439. The quantitative estimate of drug-likeness (QED) is 0.402. The van der Waals surface area contributed by atoms with Crippen LogP contribution in [0.25, 0.3) is 21.2 Å². The van der Waals surface area contributed by atoms with Gasteiger partial charge in [-0.05, 0) is 54.1 Å². The second kappa shape index (κ2) is 7.03. The number of aromatic nitrogens is 1. The van der Waals surface area contributed by atoms with Crippen molar-refractivity contribution in [3.05, 3.63) is 81.6 Å². The second-order valence-electron chi connectivity index (χ2n) is 7.70. The van der Waals surface area contributed by atoms with Crippen LogP contribution in [0.4, 0.5) is 8.78 Å². The van der Waals surface area contributed by atoms with Gasteiger partial charge in [0.15, 0.2) is 11.6 Å². The maximum absolute atomic E-state index is 14.3. The van der Waals surface area contributed by atoms with Gasteiger partial charge in [0.25, 0.3) is 5.56 Å². The summed E-state index contributed by atoms with van der Waals surface area (Å²) in [4.78, 5) is 12.5. The van der Waals surface area contributed by atoms with Crippen LogP contribution in [0, 0.1) is 23.0 Å². The highest BCUT2D eigenvalue weighted by atomic mass is 32.1. The van der Waals surface area contributed by atoms with Gasteiger partial charge in [0, 0.05) is 35.8 Å². The van der Waals surface area contributed by atoms with Gasteiger partial charge < -0.3 is 9.30 Å². The molecule has 0 atom stereocenters. The number of pyridine rings is 1. The minimum Gasteiger partial charge on any atom is -0.454 e. The Morgan fingerprint density at radius 3 is 2.58 bits per heavy atom. The highest BCUT2D eigenvalue weighted by Crippen LogP contribution is 2.50. The summed E-state index contributed by atoms with van der Waals surface area (Å²) in [6.07, 6.45) is 3.27. The van der Waals surface area contributed by atoms with E-state index in [4.69, 9.17) is 4.74 Å². The van der Waals surface area contributed by atoms with Crippen LogP contribution >= 0.6 is 11.3 Å². The van der Waals surface area contributed by atoms with Crippen molar-refractivity contribution in [2.45, 2.75) is 18.3 Å². The van der Waals surface area contributed by atoms with Crippen LogP contribution in [0.2, 0.25) is 0 Å². The zero-order valence-electron chi connectivity index (χ0n) is 16.5. The number of halogens is 2. The van der Waals surface area contributed by atoms with E-state index in [1.807, 2.05) is 23.6 Å². The minimum atomic E-state index is -0.813. The molecule has 4 aromatic rings. The van der Waals surface area contributed by atoms with Gasteiger partial charge in [-0.3, -0.25) is 4.79 Å². The maximum Gasteiger partial charge on any atom is 0.268 e. The molecule has 0 bridgehead atoms. The van der Waals surface area contributed by atoms with Crippen LogP contribution in [0.1, 0.15) is 18.4 Å². The van der Waals surface area contributed by atoms with Crippen LogP contribution in [-0.2, 0) is 12.5 Å². The van der Waals surface area contributed by atoms with Crippen molar-refractivity contribution in [2.75, 3.05) is 0 Å². The number of benzene rings is 2. The third-order valence-corrected chi connectivity index (χ3v) is 6.60. The predicted octanol–water partition coefficient (Wildman–Crippen LogP) is 5.89. The Morgan fingerprint density at radius 2 is 1.87 bits per heavy atom. The molecule has 0 aliphatic heterocycles. The molecule has 1 fully saturated rings. The van der Waals surface area contributed by atoms with Crippen molar-refractivity contribution >= 4 is 21.4 Å². The van der Waals surface area contributed by atoms with Crippen molar-refractivity contribution in [3.63, 3.8) is 0 Å². The van der Waals surface area contributed by atoms with Gasteiger partial charge in [-0.2, -0.15) is 5.26 Å². The summed E-state index contributed by atoms with van der Waals surface area (Å²) in [6.45, 7) is 0. The van der Waals surface area contributed by atoms with E-state index in [1.165, 1.54) is 22.0 Å². The molecule has 1 aliphatic rings. The Labute approximate surface area is 180 Å². The third kappa shape index (κ3) is 3.20. The zero-order valence-corrected chi connectivity index (χ0v) is 17.3. The van der Waals surface area contributed by atoms with Crippen LogP contribution in [0.3, 0.4) is 0 Å². The van der Waals surface area contributed by atoms with E-state index in [2.05, 4.69) is 6.07 Å². The third-order valence-electron chi connectivity index (χ3n) is 5.69. The summed E-state index contributed by atoms with van der Waals surface area (Å²) in [6, 6.07) is 12.8. The molecule has 1 aliphatic carbocycles. The molecule has 0 unspecified atom stereocenters. The van der Waals surface area contributed by atoms with Crippen LogP contribution in [0.5, 0.6) is 11.5 Å². The first-order valence-corrected chi connectivity index (χ1v) is 10.6. The van der Waals surface area contributed by atoms with Crippen molar-refractivity contribution in [2.24, 2.45) is 7.05 Å². The SMILES string of the molecule is Cn1cc(-c2cc(C3(C#N)CC3)ccc2Oc2ccc(F)cc2F)c2ccsc2c1=O. The molecule has 1 saturated carbocycles. The van der Waals surface area contributed by atoms with Gasteiger partial charge in [0.05, 0.1) is 11.5 Å². The first-order chi connectivity index (χ1) is 14.9. The Balaban J connectivity index is 1.74. The Morgan fingerprint density at radius 1 is 1.10 bits per heavy atom. The number of ether oxygens (including phenoxy) is 1. The molecule has 2 aromatic heterocycles. The van der Waals surface area contributed by atoms with Crippen LogP contribution in [-0.4, -0.2) is 4.57 Å². The molecule has 2 aromatic carbocycles. The van der Waals surface area contributed by atoms with E-state index >= 15 is 0 Å². The van der Waals surface area contributed by atoms with Crippen LogP contribution in [0.15, 0.2) is 58.8 Å². The fraction of sp³-hybridized carbons (Fsp3) is 0.167. The normalized spacial score (nSPS) is 14.4. The van der Waals surface area contributed by atoms with E-state index in [1.54, 1.807) is 19.3 Å². The summed E-state index contributed by atoms with van der Waals surface area (Å²) >= 11 is 1.35. The number of thiophene rings is 1. The topological polar surface area (TPSA) is 55.0 Å². The Kier molecular flexibility index (Phi) is 4.42. The number of nitrogens with zero attached hydrogens (tertiary/aromatic N) is 2. The van der Waals surface area contributed by atoms with E-state index in [0.717, 1.165) is 41.5 Å². The first-order valence-electron chi connectivity index (χ1n) is 9.68. The number of fused-ring (bicyclic) bond motifs is 1. The molecule has 2 heterocycles. The molecule has 0 spiro atoms. The summed E-state index contributed by atoms with van der Waals surface area (Å²) in [5, 5.41) is 12.3. The molecule has 31 heavy (non-hydrogen) atoms. The summed E-state index contributed by atoms with van der Waals surface area (Å²) in [7, 11) is 1.67. The van der Waals surface area contributed by atoms with Crippen molar-refractivity contribution in [3.8, 4) is 28.7 Å². The maximum atomic E-state index is 14.3. The van der Waals surface area contributed by atoms with Gasteiger partial charge in [-0.1, -0.05) is 6.07 Å². The van der Waals surface area contributed by atoms with Gasteiger partial charge in [-0.25, -0.2) is 8.78 Å². The molecule has 4 nitrogen and oxygen atoms in total. The number of rotatable bonds is 4. The molecule has 0 radical (unpaired) electrons. The number of hydrogen-bond acceptors (Lipinski definition) is 4. The van der Waals surface area contributed by atoms with Gasteiger partial charge in [0.2, 0.25) is 0 Å². The lowest BCUT2D eigenvalue weighted by atomic mass is 9.92. The fourth-order valence-electron chi connectivity index (χ4n) is 3.78. The standard InChI is InChI=1S/C24H16F2N2O2S/c1-28-12-18(16-6-9-31-22(16)23(28)29)17-10-14(24(13-27)7-8-24)2-4-20(17)30-21-5-3-15(25)11-19(21)26/h2-6,9-12H,7-8H2,1H3. The monoisotopic (exact) mass is 434 g/mol. The largest absolute Gasteiger partial charge is 0.454 e. The van der Waals surface area contributed by atoms with Gasteiger partial charge in [-0.15, -0.1) is 11.3 Å². The molecular weight excluding hydrogens is 418 g/mol. The highest BCUT2D eigenvalue weighted by Gasteiger charge is 2.45. The molecule has 5 rings (SSSR count). The Hall–Kier alpha value is -3.50. The summed E-state index contributed by atoms with van der Waals surface area (Å²) < 4.78 is 35.6. The lowest BCUT2D eigenvalue weighted by Crippen LogP contribution is -2.15. The minimum absolute atomic E-state index is 0.104. The average molecular weight is 434 g/mol. The van der Waals surface area contributed by atoms with Crippen molar-refractivity contribution < 1.29 is 13.5 Å². The first kappa shape index (κ1) is 19.5. The molecule has 0 amide bonds. The molecular formula is C24H16F2N2O2S. The summed E-state index contributed by atoms with van der Waals surface area (Å²) in [5.41, 5.74) is 1.61. The number of aryl methyl sites for hydroxylation is 1. The second-order valence-corrected chi connectivity index (χ2v) is 8.62. The lowest BCUT2D eigenvalue weighted by Gasteiger charge is -2.17. The molecule has 0 saturated heterocycles. The van der Waals surface area contributed by atoms with E-state index in [9.17, 15) is 18.8 Å².